The Bertz CT molecular complexity index is 616. The molecule has 2 rings (SSSR count). The molecule has 0 heterocycles. The van der Waals surface area contributed by atoms with Crippen LogP contribution in [0.2, 0.25) is 0 Å². The minimum atomic E-state index is -0.539. The molecule has 0 unspecified atom stereocenters. The van der Waals surface area contributed by atoms with Crippen LogP contribution in [0.3, 0.4) is 0 Å². The molecule has 1 aromatic rings. The molecule has 0 aliphatic heterocycles. The first kappa shape index (κ1) is 16.9. The lowest BCUT2D eigenvalue weighted by atomic mass is 10.1. The minimum absolute atomic E-state index is 0.160. The summed E-state index contributed by atoms with van der Waals surface area (Å²) in [6.45, 7) is 0. The van der Waals surface area contributed by atoms with Crippen molar-refractivity contribution in [2.75, 3.05) is 12.4 Å². The van der Waals surface area contributed by atoms with Gasteiger partial charge in [0.15, 0.2) is 5.11 Å². The van der Waals surface area contributed by atoms with Crippen LogP contribution in [0.1, 0.15) is 36.0 Å². The normalized spacial score (nSPS) is 14.1. The number of amides is 1. The average Bonchev–Trinajstić information content (AvgIpc) is 3.04. The second kappa shape index (κ2) is 7.73. The molecule has 0 spiro atoms. The first-order chi connectivity index (χ1) is 11.0. The van der Waals surface area contributed by atoms with Gasteiger partial charge in [-0.05, 0) is 37.2 Å². The molecule has 124 valence electrons. The number of benzene rings is 1. The van der Waals surface area contributed by atoms with Crippen LogP contribution >= 0.6 is 12.2 Å². The number of nitro benzene ring substituents is 1. The largest absolute Gasteiger partial charge is 0.383 e. The van der Waals surface area contributed by atoms with Crippen molar-refractivity contribution in [3.8, 4) is 0 Å². The van der Waals surface area contributed by atoms with Gasteiger partial charge in [-0.25, -0.2) is 0 Å². The van der Waals surface area contributed by atoms with E-state index in [0.29, 0.717) is 16.8 Å². The maximum Gasteiger partial charge on any atom is 0.293 e. The number of hydrogen-bond donors (Lipinski definition) is 4. The molecule has 1 fully saturated rings. The van der Waals surface area contributed by atoms with E-state index in [1.165, 1.54) is 31.0 Å². The summed E-state index contributed by atoms with van der Waals surface area (Å²) >= 11 is 5.11. The molecule has 1 aliphatic carbocycles. The van der Waals surface area contributed by atoms with Crippen molar-refractivity contribution < 1.29 is 9.72 Å². The summed E-state index contributed by atoms with van der Waals surface area (Å²) < 4.78 is 0. The molecule has 4 N–H and O–H groups in total. The number of nitrogens with one attached hydrogen (secondary N) is 4. The lowest BCUT2D eigenvalue weighted by Crippen LogP contribution is -2.49. The van der Waals surface area contributed by atoms with Crippen molar-refractivity contribution in [1.29, 1.82) is 0 Å². The van der Waals surface area contributed by atoms with E-state index in [-0.39, 0.29) is 11.3 Å². The third-order valence-electron chi connectivity index (χ3n) is 3.71. The topological polar surface area (TPSA) is 108 Å². The fourth-order valence-electron chi connectivity index (χ4n) is 2.51. The quantitative estimate of drug-likeness (QED) is 0.376. The van der Waals surface area contributed by atoms with E-state index < -0.39 is 10.8 Å². The fraction of sp³-hybridized carbons (Fsp3) is 0.429. The Hall–Kier alpha value is -2.42. The maximum absolute atomic E-state index is 12.1. The van der Waals surface area contributed by atoms with Crippen LogP contribution in [0, 0.1) is 10.1 Å². The van der Waals surface area contributed by atoms with E-state index >= 15 is 0 Å². The molecule has 8 nitrogen and oxygen atoms in total. The Morgan fingerprint density at radius 3 is 2.61 bits per heavy atom. The van der Waals surface area contributed by atoms with Gasteiger partial charge < -0.3 is 10.6 Å². The number of nitro groups is 1. The average molecular weight is 337 g/mol. The molecule has 0 saturated heterocycles. The molecule has 0 atom stereocenters. The molecule has 1 aliphatic rings. The summed E-state index contributed by atoms with van der Waals surface area (Å²) in [4.78, 5) is 22.5. The van der Waals surface area contributed by atoms with Gasteiger partial charge in [-0.1, -0.05) is 12.8 Å². The van der Waals surface area contributed by atoms with Crippen LogP contribution in [0.25, 0.3) is 0 Å². The summed E-state index contributed by atoms with van der Waals surface area (Å²) in [5.41, 5.74) is 5.42. The van der Waals surface area contributed by atoms with Crippen molar-refractivity contribution in [2.45, 2.75) is 31.7 Å². The second-order valence-electron chi connectivity index (χ2n) is 5.27. The Kier molecular flexibility index (Phi) is 5.69. The van der Waals surface area contributed by atoms with Gasteiger partial charge in [0.25, 0.3) is 11.6 Å². The number of nitrogens with zero attached hydrogens (tertiary/aromatic N) is 1. The predicted octanol–water partition coefficient (Wildman–Crippen LogP) is 1.69. The molecule has 1 saturated carbocycles. The fourth-order valence-corrected chi connectivity index (χ4v) is 2.73. The molecule has 23 heavy (non-hydrogen) atoms. The van der Waals surface area contributed by atoms with Gasteiger partial charge in [-0.3, -0.25) is 25.8 Å². The van der Waals surface area contributed by atoms with Crippen LogP contribution < -0.4 is 21.5 Å². The highest BCUT2D eigenvalue weighted by molar-refractivity contribution is 7.80. The van der Waals surface area contributed by atoms with Gasteiger partial charge in [-0.2, -0.15) is 0 Å². The highest BCUT2D eigenvalue weighted by Crippen LogP contribution is 2.24. The number of anilines is 1. The molecular formula is C14H19N5O3S. The van der Waals surface area contributed by atoms with Crippen LogP contribution in [0.15, 0.2) is 18.2 Å². The Balaban J connectivity index is 1.93. The van der Waals surface area contributed by atoms with E-state index in [9.17, 15) is 14.9 Å². The van der Waals surface area contributed by atoms with E-state index in [1.54, 1.807) is 7.05 Å². The summed E-state index contributed by atoms with van der Waals surface area (Å²) in [6.07, 6.45) is 4.48. The van der Waals surface area contributed by atoms with E-state index in [0.717, 1.165) is 12.8 Å². The summed E-state index contributed by atoms with van der Waals surface area (Å²) in [5, 5.41) is 17.2. The highest BCUT2D eigenvalue weighted by atomic mass is 32.1. The van der Waals surface area contributed by atoms with Crippen LogP contribution in [0.4, 0.5) is 11.4 Å². The summed E-state index contributed by atoms with van der Waals surface area (Å²) in [6, 6.07) is 4.55. The number of hydrazine groups is 1. The van der Waals surface area contributed by atoms with Gasteiger partial charge in [-0.15, -0.1) is 0 Å². The van der Waals surface area contributed by atoms with Gasteiger partial charge in [0.1, 0.15) is 5.69 Å². The first-order valence-corrected chi connectivity index (χ1v) is 7.75. The molecular weight excluding hydrogens is 318 g/mol. The Labute approximate surface area is 139 Å². The Morgan fingerprint density at radius 1 is 1.30 bits per heavy atom. The molecule has 0 aromatic heterocycles. The molecule has 1 aromatic carbocycles. The summed E-state index contributed by atoms with van der Waals surface area (Å²) in [7, 11) is 1.58. The zero-order chi connectivity index (χ0) is 16.8. The van der Waals surface area contributed by atoms with Crippen molar-refractivity contribution in [3.05, 3.63) is 33.9 Å². The lowest BCUT2D eigenvalue weighted by Gasteiger charge is -2.16. The second-order valence-corrected chi connectivity index (χ2v) is 5.68. The number of hydrogen-bond acceptors (Lipinski definition) is 5. The first-order valence-electron chi connectivity index (χ1n) is 7.34. The minimum Gasteiger partial charge on any atom is -0.383 e. The SMILES string of the molecule is CNc1ccc(C(=O)NNC(=S)NC2CCCC2)cc1[N+](=O)[O-]. The van der Waals surface area contributed by atoms with Gasteiger partial charge in [0.05, 0.1) is 4.92 Å². The van der Waals surface area contributed by atoms with Crippen molar-refractivity contribution in [2.24, 2.45) is 0 Å². The van der Waals surface area contributed by atoms with Gasteiger partial charge in [0, 0.05) is 24.7 Å². The zero-order valence-corrected chi connectivity index (χ0v) is 13.5. The number of carbonyl (C=O) groups excluding carboxylic acids is 1. The number of rotatable bonds is 4. The molecule has 0 bridgehead atoms. The number of carbonyl (C=O) groups is 1. The summed E-state index contributed by atoms with van der Waals surface area (Å²) in [5.74, 6) is -0.494. The number of thiocarbonyl (C=S) groups is 1. The van der Waals surface area contributed by atoms with Gasteiger partial charge >= 0.3 is 0 Å². The molecule has 0 radical (unpaired) electrons. The van der Waals surface area contributed by atoms with Crippen LogP contribution in [-0.4, -0.2) is 29.0 Å². The smallest absolute Gasteiger partial charge is 0.293 e. The lowest BCUT2D eigenvalue weighted by molar-refractivity contribution is -0.384. The van der Waals surface area contributed by atoms with Crippen molar-refractivity contribution in [1.82, 2.24) is 16.2 Å². The van der Waals surface area contributed by atoms with Crippen molar-refractivity contribution >= 4 is 34.6 Å². The monoisotopic (exact) mass is 337 g/mol. The maximum atomic E-state index is 12.1. The van der Waals surface area contributed by atoms with Gasteiger partial charge in [0.2, 0.25) is 0 Å². The predicted molar refractivity (Wildman–Crippen MR) is 91.2 cm³/mol. The Morgan fingerprint density at radius 2 is 2.00 bits per heavy atom. The third-order valence-corrected chi connectivity index (χ3v) is 3.93. The van der Waals surface area contributed by atoms with E-state index in [1.807, 2.05) is 0 Å². The van der Waals surface area contributed by atoms with Crippen LogP contribution in [-0.2, 0) is 0 Å². The highest BCUT2D eigenvalue weighted by Gasteiger charge is 2.18. The third kappa shape index (κ3) is 4.52. The van der Waals surface area contributed by atoms with Crippen LogP contribution in [0.5, 0.6) is 0 Å². The van der Waals surface area contributed by atoms with E-state index in [4.69, 9.17) is 12.2 Å². The molecule has 1 amide bonds. The molecule has 9 heteroatoms. The van der Waals surface area contributed by atoms with Crippen molar-refractivity contribution in [3.63, 3.8) is 0 Å². The zero-order valence-electron chi connectivity index (χ0n) is 12.7. The van der Waals surface area contributed by atoms with E-state index in [2.05, 4.69) is 21.5 Å². The standard InChI is InChI=1S/C14H19N5O3S/c1-15-11-7-6-9(8-12(11)19(21)22)13(20)17-18-14(23)16-10-4-2-3-5-10/h6-8,10,15H,2-5H2,1H3,(H,17,20)(H2,16,18,23).